The van der Waals surface area contributed by atoms with Crippen LogP contribution in [0.5, 0.6) is 0 Å². The van der Waals surface area contributed by atoms with E-state index in [4.69, 9.17) is 4.74 Å². The van der Waals surface area contributed by atoms with Crippen molar-refractivity contribution in [3.63, 3.8) is 0 Å². The second kappa shape index (κ2) is 11.9. The molecule has 0 radical (unpaired) electrons. The molecule has 2 aromatic rings. The van der Waals surface area contributed by atoms with Crippen molar-refractivity contribution in [3.05, 3.63) is 65.7 Å². The van der Waals surface area contributed by atoms with Gasteiger partial charge in [0.25, 0.3) is 0 Å². The minimum atomic E-state index is -0.561. The number of rotatable bonds is 7. The molecule has 1 aliphatic rings. The van der Waals surface area contributed by atoms with Crippen LogP contribution in [0.3, 0.4) is 0 Å². The Labute approximate surface area is 187 Å². The van der Waals surface area contributed by atoms with E-state index in [2.05, 4.69) is 15.6 Å². The lowest BCUT2D eigenvalue weighted by Crippen LogP contribution is -2.45. The molecule has 1 saturated heterocycles. The fourth-order valence-corrected chi connectivity index (χ4v) is 3.23. The Morgan fingerprint density at radius 3 is 2.72 bits per heavy atom. The Hall–Kier alpha value is -1.94. The number of ether oxygens (including phenoxy) is 1. The molecule has 1 aliphatic heterocycles. The first kappa shape index (κ1) is 23.3. The molecule has 0 bridgehead atoms. The van der Waals surface area contributed by atoms with E-state index in [1.807, 2.05) is 35.2 Å². The van der Waals surface area contributed by atoms with Gasteiger partial charge in [-0.15, -0.1) is 24.0 Å². The van der Waals surface area contributed by atoms with Crippen LogP contribution in [-0.2, 0) is 11.3 Å². The number of anilines is 1. The van der Waals surface area contributed by atoms with Gasteiger partial charge in [-0.3, -0.25) is 4.99 Å². The molecule has 1 heterocycles. The lowest BCUT2D eigenvalue weighted by atomic mass is 10.2. The van der Waals surface area contributed by atoms with Gasteiger partial charge in [-0.25, -0.2) is 8.78 Å². The summed E-state index contributed by atoms with van der Waals surface area (Å²) in [6.07, 6.45) is 0.849. The summed E-state index contributed by atoms with van der Waals surface area (Å²) in [6, 6.07) is 13.9. The van der Waals surface area contributed by atoms with Gasteiger partial charge in [0.05, 0.1) is 18.9 Å². The molecule has 5 nitrogen and oxygen atoms in total. The molecule has 1 atom stereocenters. The fraction of sp³-hybridized carbons (Fsp3) is 0.381. The fourth-order valence-electron chi connectivity index (χ4n) is 3.23. The molecule has 0 spiro atoms. The number of nitrogens with zero attached hydrogens (tertiary/aromatic N) is 2. The maximum atomic E-state index is 14.0. The summed E-state index contributed by atoms with van der Waals surface area (Å²) in [5.74, 6) is -0.400. The minimum absolute atomic E-state index is 0. The standard InChI is InChI=1S/C21H26F2N4O.HI/c1-24-21(25-10-12-28-15-16-5-3-2-4-6-16)26-18-9-11-27(14-18)20-8-7-17(22)13-19(20)23;/h2-8,13,18H,9-12,14-15H2,1H3,(H2,24,25,26);1H. The van der Waals surface area contributed by atoms with E-state index >= 15 is 0 Å². The molecular formula is C21H27F2IN4O. The lowest BCUT2D eigenvalue weighted by molar-refractivity contribution is 0.125. The third-order valence-electron chi connectivity index (χ3n) is 4.65. The number of halogens is 3. The Morgan fingerprint density at radius 1 is 1.21 bits per heavy atom. The molecule has 1 fully saturated rings. The van der Waals surface area contributed by atoms with E-state index in [1.54, 1.807) is 7.05 Å². The number of nitrogens with one attached hydrogen (secondary N) is 2. The van der Waals surface area contributed by atoms with E-state index in [9.17, 15) is 8.78 Å². The second-order valence-corrected chi connectivity index (χ2v) is 6.71. The third-order valence-corrected chi connectivity index (χ3v) is 4.65. The van der Waals surface area contributed by atoms with Gasteiger partial charge in [-0.1, -0.05) is 30.3 Å². The maximum absolute atomic E-state index is 14.0. The maximum Gasteiger partial charge on any atom is 0.191 e. The van der Waals surface area contributed by atoms with E-state index in [0.29, 0.717) is 44.5 Å². The second-order valence-electron chi connectivity index (χ2n) is 6.71. The summed E-state index contributed by atoms with van der Waals surface area (Å²) >= 11 is 0. The topological polar surface area (TPSA) is 48.9 Å². The van der Waals surface area contributed by atoms with Gasteiger partial charge in [0.2, 0.25) is 0 Å². The first-order valence-electron chi connectivity index (χ1n) is 9.44. The Morgan fingerprint density at radius 2 is 2.00 bits per heavy atom. The van der Waals surface area contributed by atoms with E-state index in [0.717, 1.165) is 18.1 Å². The van der Waals surface area contributed by atoms with Crippen molar-refractivity contribution in [1.82, 2.24) is 10.6 Å². The van der Waals surface area contributed by atoms with Crippen LogP contribution in [0, 0.1) is 11.6 Å². The molecule has 0 amide bonds. The smallest absolute Gasteiger partial charge is 0.191 e. The van der Waals surface area contributed by atoms with Gasteiger partial charge in [-0.05, 0) is 24.1 Å². The van der Waals surface area contributed by atoms with Crippen LogP contribution in [0.4, 0.5) is 14.5 Å². The SMILES string of the molecule is CN=C(NCCOCc1ccccc1)NC1CCN(c2ccc(F)cc2F)C1.I. The van der Waals surface area contributed by atoms with Crippen LogP contribution in [0.2, 0.25) is 0 Å². The van der Waals surface area contributed by atoms with Crippen LogP contribution in [0.15, 0.2) is 53.5 Å². The van der Waals surface area contributed by atoms with Gasteiger partial charge in [0.15, 0.2) is 5.96 Å². The van der Waals surface area contributed by atoms with Gasteiger partial charge < -0.3 is 20.3 Å². The Balaban J connectivity index is 0.00000300. The van der Waals surface area contributed by atoms with Gasteiger partial charge in [0.1, 0.15) is 11.6 Å². The normalized spacial score (nSPS) is 16.4. The average molecular weight is 516 g/mol. The largest absolute Gasteiger partial charge is 0.375 e. The van der Waals surface area contributed by atoms with Gasteiger partial charge in [-0.2, -0.15) is 0 Å². The van der Waals surface area contributed by atoms with Crippen molar-refractivity contribution in [3.8, 4) is 0 Å². The molecule has 2 aromatic carbocycles. The summed E-state index contributed by atoms with van der Waals surface area (Å²) in [4.78, 5) is 6.15. The molecule has 158 valence electrons. The molecular weight excluding hydrogens is 489 g/mol. The molecule has 2 N–H and O–H groups in total. The van der Waals surface area contributed by atoms with E-state index in [-0.39, 0.29) is 30.0 Å². The van der Waals surface area contributed by atoms with Crippen LogP contribution < -0.4 is 15.5 Å². The monoisotopic (exact) mass is 516 g/mol. The predicted molar refractivity (Wildman–Crippen MR) is 123 cm³/mol. The molecule has 8 heteroatoms. The van der Waals surface area contributed by atoms with Gasteiger partial charge in [0, 0.05) is 38.8 Å². The zero-order chi connectivity index (χ0) is 19.8. The number of aliphatic imine (C=N–C) groups is 1. The molecule has 0 aromatic heterocycles. The Kier molecular flexibility index (Phi) is 9.59. The quantitative estimate of drug-likeness (QED) is 0.256. The summed E-state index contributed by atoms with van der Waals surface area (Å²) < 4.78 is 32.7. The number of hydrogen-bond acceptors (Lipinski definition) is 3. The highest BCUT2D eigenvalue weighted by Crippen LogP contribution is 2.24. The number of hydrogen-bond donors (Lipinski definition) is 2. The third kappa shape index (κ3) is 7.11. The van der Waals surface area contributed by atoms with Crippen LogP contribution in [0.1, 0.15) is 12.0 Å². The summed E-state index contributed by atoms with van der Waals surface area (Å²) in [7, 11) is 1.71. The van der Waals surface area contributed by atoms with Crippen molar-refractivity contribution in [2.45, 2.75) is 19.1 Å². The highest BCUT2D eigenvalue weighted by molar-refractivity contribution is 14.0. The molecule has 0 aliphatic carbocycles. The van der Waals surface area contributed by atoms with Crippen molar-refractivity contribution in [2.75, 3.05) is 38.2 Å². The number of guanidine groups is 1. The summed E-state index contributed by atoms with van der Waals surface area (Å²) in [5, 5.41) is 6.58. The van der Waals surface area contributed by atoms with Crippen LogP contribution in [-0.4, -0.2) is 45.3 Å². The number of benzene rings is 2. The highest BCUT2D eigenvalue weighted by Gasteiger charge is 2.25. The van der Waals surface area contributed by atoms with E-state index in [1.165, 1.54) is 12.1 Å². The lowest BCUT2D eigenvalue weighted by Gasteiger charge is -2.21. The van der Waals surface area contributed by atoms with Crippen molar-refractivity contribution >= 4 is 35.6 Å². The first-order chi connectivity index (χ1) is 13.7. The van der Waals surface area contributed by atoms with E-state index < -0.39 is 11.6 Å². The van der Waals surface area contributed by atoms with Crippen molar-refractivity contribution in [2.24, 2.45) is 4.99 Å². The van der Waals surface area contributed by atoms with Crippen LogP contribution >= 0.6 is 24.0 Å². The molecule has 1 unspecified atom stereocenters. The van der Waals surface area contributed by atoms with Gasteiger partial charge >= 0.3 is 0 Å². The molecule has 0 saturated carbocycles. The first-order valence-corrected chi connectivity index (χ1v) is 9.44. The molecule has 3 rings (SSSR count). The summed E-state index contributed by atoms with van der Waals surface area (Å²) in [5.41, 5.74) is 1.58. The van der Waals surface area contributed by atoms with Crippen LogP contribution in [0.25, 0.3) is 0 Å². The van der Waals surface area contributed by atoms with Crippen molar-refractivity contribution in [1.29, 1.82) is 0 Å². The highest BCUT2D eigenvalue weighted by atomic mass is 127. The zero-order valence-electron chi connectivity index (χ0n) is 16.4. The van der Waals surface area contributed by atoms with Crippen molar-refractivity contribution < 1.29 is 13.5 Å². The zero-order valence-corrected chi connectivity index (χ0v) is 18.7. The minimum Gasteiger partial charge on any atom is -0.375 e. The predicted octanol–water partition coefficient (Wildman–Crippen LogP) is 3.54. The average Bonchev–Trinajstić information content (AvgIpc) is 3.15. The molecule has 29 heavy (non-hydrogen) atoms. The summed E-state index contributed by atoms with van der Waals surface area (Å²) in [6.45, 7) is 3.11. The Bertz CT molecular complexity index is 792.